The van der Waals surface area contributed by atoms with Gasteiger partial charge < -0.3 is 20.2 Å². The number of likely N-dealkylation sites (tertiary alicyclic amines) is 1. The summed E-state index contributed by atoms with van der Waals surface area (Å²) in [4.78, 5) is 16.9. The number of urea groups is 1. The van der Waals surface area contributed by atoms with Gasteiger partial charge >= 0.3 is 6.03 Å². The number of likely N-dealkylation sites (N-methyl/N-ethyl adjacent to an activating group) is 1. The number of benzene rings is 1. The molecule has 1 saturated heterocycles. The molecule has 1 aliphatic heterocycles. The van der Waals surface area contributed by atoms with Crippen molar-refractivity contribution in [3.8, 4) is 0 Å². The zero-order valence-corrected chi connectivity index (χ0v) is 12.9. The number of hydrogen-bond donors (Lipinski definition) is 2. The van der Waals surface area contributed by atoms with Crippen molar-refractivity contribution in [3.05, 3.63) is 24.3 Å². The fourth-order valence-electron chi connectivity index (χ4n) is 2.32. The molecule has 0 radical (unpaired) electrons. The van der Waals surface area contributed by atoms with Gasteiger partial charge in [0.15, 0.2) is 0 Å². The fourth-order valence-corrected chi connectivity index (χ4v) is 2.73. The van der Waals surface area contributed by atoms with E-state index in [1.54, 1.807) is 16.7 Å². The number of nitrogens with zero attached hydrogens (tertiary/aromatic N) is 2. The third kappa shape index (κ3) is 3.45. The average Bonchev–Trinajstić information content (AvgIpc) is 2.82. The van der Waals surface area contributed by atoms with Gasteiger partial charge in [0.1, 0.15) is 0 Å². The van der Waals surface area contributed by atoms with Crippen LogP contribution in [0.1, 0.15) is 0 Å². The average molecular weight is 295 g/mol. The van der Waals surface area contributed by atoms with Gasteiger partial charge in [0, 0.05) is 17.1 Å². The van der Waals surface area contributed by atoms with Crippen molar-refractivity contribution < 1.29 is 9.90 Å². The zero-order chi connectivity index (χ0) is 14.7. The summed E-state index contributed by atoms with van der Waals surface area (Å²) in [5.41, 5.74) is 0.774. The number of thioether (sulfide) groups is 1. The first-order valence-electron chi connectivity index (χ1n) is 6.55. The molecule has 2 amide bonds. The number of nitrogens with one attached hydrogen (secondary N) is 1. The third-order valence-electron chi connectivity index (χ3n) is 3.55. The molecule has 0 aromatic heterocycles. The van der Waals surface area contributed by atoms with E-state index in [0.717, 1.165) is 10.6 Å². The molecule has 1 aliphatic rings. The maximum Gasteiger partial charge on any atom is 0.321 e. The molecule has 1 aromatic carbocycles. The van der Waals surface area contributed by atoms with E-state index in [4.69, 9.17) is 0 Å². The van der Waals surface area contributed by atoms with E-state index >= 15 is 0 Å². The normalized spacial score (nSPS) is 22.4. The Balaban J connectivity index is 1.95. The fraction of sp³-hybridized carbons (Fsp3) is 0.500. The maximum absolute atomic E-state index is 12.2. The first kappa shape index (κ1) is 15.2. The molecular weight excluding hydrogens is 274 g/mol. The molecule has 0 bridgehead atoms. The highest BCUT2D eigenvalue weighted by Crippen LogP contribution is 2.19. The molecule has 2 atom stereocenters. The number of β-amino-alcohol motifs (C(OH)–C–C–N with tert-alkyl or cyclic N) is 1. The van der Waals surface area contributed by atoms with Crippen molar-refractivity contribution in [3.63, 3.8) is 0 Å². The SMILES string of the molecule is CSc1ccc(NC(=O)N2C[C@H](O)[C@@H](N(C)C)C2)cc1. The predicted molar refractivity (Wildman–Crippen MR) is 82.3 cm³/mol. The highest BCUT2D eigenvalue weighted by atomic mass is 32.2. The molecule has 0 unspecified atom stereocenters. The molecule has 2 rings (SSSR count). The van der Waals surface area contributed by atoms with Gasteiger partial charge in [0.05, 0.1) is 18.7 Å². The first-order valence-corrected chi connectivity index (χ1v) is 7.78. The lowest BCUT2D eigenvalue weighted by molar-refractivity contribution is 0.113. The van der Waals surface area contributed by atoms with Crippen LogP contribution in [0, 0.1) is 0 Å². The molecule has 1 fully saturated rings. The van der Waals surface area contributed by atoms with Crippen molar-refractivity contribution in [2.45, 2.75) is 17.0 Å². The number of aliphatic hydroxyl groups is 1. The number of carbonyl (C=O) groups excluding carboxylic acids is 1. The second-order valence-corrected chi connectivity index (χ2v) is 6.04. The molecule has 1 heterocycles. The number of amides is 2. The summed E-state index contributed by atoms with van der Waals surface area (Å²) in [5.74, 6) is 0. The van der Waals surface area contributed by atoms with E-state index in [9.17, 15) is 9.90 Å². The minimum Gasteiger partial charge on any atom is -0.390 e. The van der Waals surface area contributed by atoms with Crippen LogP contribution in [0.3, 0.4) is 0 Å². The van der Waals surface area contributed by atoms with Crippen molar-refractivity contribution >= 4 is 23.5 Å². The Morgan fingerprint density at radius 2 is 2.00 bits per heavy atom. The molecule has 0 aliphatic carbocycles. The van der Waals surface area contributed by atoms with E-state index in [2.05, 4.69) is 5.32 Å². The van der Waals surface area contributed by atoms with Crippen LogP contribution in [0.5, 0.6) is 0 Å². The van der Waals surface area contributed by atoms with Gasteiger partial charge in [-0.3, -0.25) is 0 Å². The Labute approximate surface area is 123 Å². The summed E-state index contributed by atoms with van der Waals surface area (Å²) in [5, 5.41) is 12.8. The molecule has 2 N–H and O–H groups in total. The van der Waals surface area contributed by atoms with Gasteiger partial charge in [-0.1, -0.05) is 0 Å². The Kier molecular flexibility index (Phi) is 4.91. The standard InChI is InChI=1S/C14H21N3O2S/c1-16(2)12-8-17(9-13(12)18)14(19)15-10-4-6-11(20-3)7-5-10/h4-7,12-13,18H,8-9H2,1-3H3,(H,15,19)/t12-,13-/m0/s1. The highest BCUT2D eigenvalue weighted by Gasteiger charge is 2.35. The van der Waals surface area contributed by atoms with Crippen LogP contribution < -0.4 is 5.32 Å². The molecule has 110 valence electrons. The van der Waals surface area contributed by atoms with E-state index < -0.39 is 6.10 Å². The van der Waals surface area contributed by atoms with Crippen molar-refractivity contribution in [2.75, 3.05) is 38.8 Å². The summed E-state index contributed by atoms with van der Waals surface area (Å²) in [6, 6.07) is 7.56. The summed E-state index contributed by atoms with van der Waals surface area (Å²) < 4.78 is 0. The lowest BCUT2D eigenvalue weighted by atomic mass is 10.2. The van der Waals surface area contributed by atoms with Gasteiger partial charge in [0.25, 0.3) is 0 Å². The summed E-state index contributed by atoms with van der Waals surface area (Å²) in [7, 11) is 3.83. The van der Waals surface area contributed by atoms with Crippen molar-refractivity contribution in [2.24, 2.45) is 0 Å². The van der Waals surface area contributed by atoms with Crippen molar-refractivity contribution in [1.82, 2.24) is 9.80 Å². The summed E-state index contributed by atoms with van der Waals surface area (Å²) in [6.07, 6.45) is 1.52. The number of aliphatic hydroxyl groups excluding tert-OH is 1. The smallest absolute Gasteiger partial charge is 0.321 e. The molecule has 0 spiro atoms. The van der Waals surface area contributed by atoms with Crippen molar-refractivity contribution in [1.29, 1.82) is 0 Å². The number of hydrogen-bond acceptors (Lipinski definition) is 4. The van der Waals surface area contributed by atoms with Crippen LogP contribution >= 0.6 is 11.8 Å². The quantitative estimate of drug-likeness (QED) is 0.831. The monoisotopic (exact) mass is 295 g/mol. The first-order chi connectivity index (χ1) is 9.51. The van der Waals surface area contributed by atoms with Gasteiger partial charge in [-0.25, -0.2) is 4.79 Å². The van der Waals surface area contributed by atoms with Crippen LogP contribution in [0.15, 0.2) is 29.2 Å². The molecule has 0 saturated carbocycles. The predicted octanol–water partition coefficient (Wildman–Crippen LogP) is 1.55. The zero-order valence-electron chi connectivity index (χ0n) is 12.0. The second-order valence-electron chi connectivity index (χ2n) is 5.16. The highest BCUT2D eigenvalue weighted by molar-refractivity contribution is 7.98. The van der Waals surface area contributed by atoms with E-state index in [1.165, 1.54) is 0 Å². The minimum absolute atomic E-state index is 0.000354. The summed E-state index contributed by atoms with van der Waals surface area (Å²) >= 11 is 1.66. The number of anilines is 1. The Morgan fingerprint density at radius 1 is 1.35 bits per heavy atom. The molecular formula is C14H21N3O2S. The lowest BCUT2D eigenvalue weighted by Gasteiger charge is -2.21. The topological polar surface area (TPSA) is 55.8 Å². The van der Waals surface area contributed by atoms with Crippen LogP contribution in [-0.4, -0.2) is 66.5 Å². The van der Waals surface area contributed by atoms with Crippen LogP contribution in [0.25, 0.3) is 0 Å². The Morgan fingerprint density at radius 3 is 2.50 bits per heavy atom. The Bertz CT molecular complexity index is 464. The van der Waals surface area contributed by atoms with Gasteiger partial charge in [-0.2, -0.15) is 0 Å². The summed E-state index contributed by atoms with van der Waals surface area (Å²) in [6.45, 7) is 0.917. The van der Waals surface area contributed by atoms with Gasteiger partial charge in [0.2, 0.25) is 0 Å². The molecule has 6 heteroatoms. The van der Waals surface area contributed by atoms with Crippen LogP contribution in [-0.2, 0) is 0 Å². The maximum atomic E-state index is 12.2. The second kappa shape index (κ2) is 6.47. The number of carbonyl (C=O) groups is 1. The Hall–Kier alpha value is -1.24. The van der Waals surface area contributed by atoms with E-state index in [1.807, 2.05) is 49.5 Å². The van der Waals surface area contributed by atoms with Gasteiger partial charge in [-0.15, -0.1) is 11.8 Å². The molecule has 5 nitrogen and oxygen atoms in total. The number of rotatable bonds is 3. The van der Waals surface area contributed by atoms with Gasteiger partial charge in [-0.05, 0) is 44.6 Å². The van der Waals surface area contributed by atoms with E-state index in [-0.39, 0.29) is 12.1 Å². The molecule has 1 aromatic rings. The van der Waals surface area contributed by atoms with Crippen LogP contribution in [0.4, 0.5) is 10.5 Å². The largest absolute Gasteiger partial charge is 0.390 e. The van der Waals surface area contributed by atoms with Crippen LogP contribution in [0.2, 0.25) is 0 Å². The van der Waals surface area contributed by atoms with E-state index in [0.29, 0.717) is 13.1 Å². The minimum atomic E-state index is -0.491. The lowest BCUT2D eigenvalue weighted by Crippen LogP contribution is -2.38. The third-order valence-corrected chi connectivity index (χ3v) is 4.29. The molecule has 20 heavy (non-hydrogen) atoms.